The number of carbonyl (C=O) groups is 1. The van der Waals surface area contributed by atoms with Crippen molar-refractivity contribution in [1.82, 2.24) is 10.5 Å². The van der Waals surface area contributed by atoms with E-state index in [-0.39, 0.29) is 23.3 Å². The Hall–Kier alpha value is -1.36. The third kappa shape index (κ3) is 4.56. The second kappa shape index (κ2) is 7.07. The molecule has 0 spiro atoms. The molecule has 0 bridgehead atoms. The van der Waals surface area contributed by atoms with Crippen LogP contribution in [0, 0.1) is 5.41 Å². The molecule has 1 aromatic rings. The Morgan fingerprint density at radius 1 is 1.33 bits per heavy atom. The van der Waals surface area contributed by atoms with Crippen molar-refractivity contribution in [1.29, 1.82) is 0 Å². The van der Waals surface area contributed by atoms with E-state index in [4.69, 9.17) is 4.52 Å². The number of aromatic nitrogens is 1. The number of hydrogen-bond donors (Lipinski definition) is 2. The van der Waals surface area contributed by atoms with Crippen molar-refractivity contribution in [3.8, 4) is 0 Å². The highest BCUT2D eigenvalue weighted by atomic mass is 16.5. The zero-order chi connectivity index (χ0) is 16.1. The van der Waals surface area contributed by atoms with Gasteiger partial charge in [0.15, 0.2) is 5.69 Å². The SMILES string of the molecule is CCC(CC)(CCO)CNC(=O)c1cc(C(C)(C)C)on1. The van der Waals surface area contributed by atoms with Crippen molar-refractivity contribution in [2.24, 2.45) is 5.41 Å². The van der Waals surface area contributed by atoms with E-state index < -0.39 is 0 Å². The first-order valence-electron chi connectivity index (χ1n) is 7.64. The van der Waals surface area contributed by atoms with Gasteiger partial charge in [0.25, 0.3) is 5.91 Å². The number of nitrogens with zero attached hydrogens (tertiary/aromatic N) is 1. The molecule has 1 aromatic heterocycles. The van der Waals surface area contributed by atoms with Crippen LogP contribution in [0.5, 0.6) is 0 Å². The van der Waals surface area contributed by atoms with Crippen molar-refractivity contribution in [2.45, 2.75) is 59.3 Å². The van der Waals surface area contributed by atoms with Crippen LogP contribution in [0.2, 0.25) is 0 Å². The lowest BCUT2D eigenvalue weighted by molar-refractivity contribution is 0.0898. The first-order valence-corrected chi connectivity index (χ1v) is 7.64. The minimum atomic E-state index is -0.224. The molecular weight excluding hydrogens is 268 g/mol. The summed E-state index contributed by atoms with van der Waals surface area (Å²) in [5.41, 5.74) is 0.0880. The molecule has 0 aliphatic rings. The second-order valence-corrected chi connectivity index (χ2v) is 6.69. The van der Waals surface area contributed by atoms with Crippen molar-refractivity contribution in [3.63, 3.8) is 0 Å². The van der Waals surface area contributed by atoms with Gasteiger partial charge in [-0.25, -0.2) is 0 Å². The molecule has 120 valence electrons. The summed E-state index contributed by atoms with van der Waals surface area (Å²) in [6.07, 6.45) is 2.51. The average Bonchev–Trinajstić information content (AvgIpc) is 2.93. The highest BCUT2D eigenvalue weighted by Gasteiger charge is 2.27. The third-order valence-corrected chi connectivity index (χ3v) is 4.25. The molecule has 0 saturated carbocycles. The van der Waals surface area contributed by atoms with E-state index in [2.05, 4.69) is 24.3 Å². The zero-order valence-corrected chi connectivity index (χ0v) is 13.8. The highest BCUT2D eigenvalue weighted by Crippen LogP contribution is 2.29. The fraction of sp³-hybridized carbons (Fsp3) is 0.750. The maximum Gasteiger partial charge on any atom is 0.273 e. The molecule has 0 saturated heterocycles. The molecule has 0 atom stereocenters. The summed E-state index contributed by atoms with van der Waals surface area (Å²) in [6.45, 7) is 10.9. The molecule has 1 amide bonds. The summed E-state index contributed by atoms with van der Waals surface area (Å²) in [6, 6.07) is 1.70. The fourth-order valence-electron chi connectivity index (χ4n) is 2.27. The smallest absolute Gasteiger partial charge is 0.273 e. The van der Waals surface area contributed by atoms with E-state index in [0.29, 0.717) is 24.4 Å². The van der Waals surface area contributed by atoms with Crippen LogP contribution >= 0.6 is 0 Å². The van der Waals surface area contributed by atoms with E-state index in [1.54, 1.807) is 6.07 Å². The van der Waals surface area contributed by atoms with E-state index >= 15 is 0 Å². The minimum Gasteiger partial charge on any atom is -0.396 e. The summed E-state index contributed by atoms with van der Waals surface area (Å²) < 4.78 is 5.23. The normalized spacial score (nSPS) is 12.5. The van der Waals surface area contributed by atoms with E-state index in [0.717, 1.165) is 12.8 Å². The first kappa shape index (κ1) is 17.7. The van der Waals surface area contributed by atoms with Crippen molar-refractivity contribution >= 4 is 5.91 Å². The predicted octanol–water partition coefficient (Wildman–Crippen LogP) is 2.89. The summed E-state index contributed by atoms with van der Waals surface area (Å²) in [4.78, 5) is 12.2. The molecule has 0 fully saturated rings. The van der Waals surface area contributed by atoms with Crippen LogP contribution in [0.15, 0.2) is 10.6 Å². The molecule has 1 rings (SSSR count). The molecule has 0 aromatic carbocycles. The van der Waals surface area contributed by atoms with Crippen molar-refractivity contribution < 1.29 is 14.4 Å². The molecule has 21 heavy (non-hydrogen) atoms. The lowest BCUT2D eigenvalue weighted by Gasteiger charge is -2.31. The lowest BCUT2D eigenvalue weighted by atomic mass is 9.79. The first-order chi connectivity index (χ1) is 9.78. The fourth-order valence-corrected chi connectivity index (χ4v) is 2.27. The number of aliphatic hydroxyl groups is 1. The summed E-state index contributed by atoms with van der Waals surface area (Å²) >= 11 is 0. The number of aliphatic hydroxyl groups excluding tert-OH is 1. The van der Waals surface area contributed by atoms with Gasteiger partial charge in [-0.3, -0.25) is 4.79 Å². The van der Waals surface area contributed by atoms with Gasteiger partial charge in [0.05, 0.1) is 0 Å². The van der Waals surface area contributed by atoms with Crippen LogP contribution < -0.4 is 5.32 Å². The molecule has 2 N–H and O–H groups in total. The Kier molecular flexibility index (Phi) is 5.96. The van der Waals surface area contributed by atoms with E-state index in [1.165, 1.54) is 0 Å². The van der Waals surface area contributed by atoms with Gasteiger partial charge in [0.2, 0.25) is 0 Å². The number of amides is 1. The van der Waals surface area contributed by atoms with Crippen LogP contribution in [0.1, 0.15) is 70.1 Å². The van der Waals surface area contributed by atoms with Gasteiger partial charge < -0.3 is 14.9 Å². The zero-order valence-electron chi connectivity index (χ0n) is 13.8. The van der Waals surface area contributed by atoms with Gasteiger partial charge in [-0.1, -0.05) is 39.8 Å². The van der Waals surface area contributed by atoms with Crippen LogP contribution in [-0.4, -0.2) is 29.3 Å². The maximum atomic E-state index is 12.2. The van der Waals surface area contributed by atoms with Crippen LogP contribution in [0.3, 0.4) is 0 Å². The highest BCUT2D eigenvalue weighted by molar-refractivity contribution is 5.92. The van der Waals surface area contributed by atoms with Crippen LogP contribution in [0.25, 0.3) is 0 Å². The van der Waals surface area contributed by atoms with Gasteiger partial charge in [-0.05, 0) is 24.7 Å². The minimum absolute atomic E-state index is 0.0546. The molecule has 0 unspecified atom stereocenters. The Balaban J connectivity index is 2.71. The Morgan fingerprint density at radius 3 is 2.38 bits per heavy atom. The van der Waals surface area contributed by atoms with Gasteiger partial charge >= 0.3 is 0 Å². The van der Waals surface area contributed by atoms with E-state index in [1.807, 2.05) is 20.8 Å². The quantitative estimate of drug-likeness (QED) is 0.811. The topological polar surface area (TPSA) is 75.4 Å². The Bertz CT molecular complexity index is 456. The second-order valence-electron chi connectivity index (χ2n) is 6.69. The maximum absolute atomic E-state index is 12.2. The Labute approximate surface area is 127 Å². The molecule has 0 radical (unpaired) electrons. The van der Waals surface area contributed by atoms with Gasteiger partial charge in [-0.15, -0.1) is 0 Å². The molecule has 0 aliphatic carbocycles. The van der Waals surface area contributed by atoms with Gasteiger partial charge in [0.1, 0.15) is 5.76 Å². The van der Waals surface area contributed by atoms with Crippen molar-refractivity contribution in [2.75, 3.05) is 13.2 Å². The summed E-state index contributed by atoms with van der Waals surface area (Å²) in [5, 5.41) is 16.0. The molecule has 5 heteroatoms. The largest absolute Gasteiger partial charge is 0.396 e. The number of carbonyl (C=O) groups excluding carboxylic acids is 1. The molecule has 1 heterocycles. The average molecular weight is 296 g/mol. The van der Waals surface area contributed by atoms with Crippen LogP contribution in [0.4, 0.5) is 0 Å². The monoisotopic (exact) mass is 296 g/mol. The Morgan fingerprint density at radius 2 is 1.95 bits per heavy atom. The van der Waals surface area contributed by atoms with Crippen molar-refractivity contribution in [3.05, 3.63) is 17.5 Å². The standard InChI is InChI=1S/C16H28N2O3/c1-6-16(7-2,8-9-19)11-17-14(20)12-10-13(21-18-12)15(3,4)5/h10,19H,6-9,11H2,1-5H3,(H,17,20). The summed E-state index contributed by atoms with van der Waals surface area (Å²) in [5.74, 6) is 0.471. The molecule has 0 aliphatic heterocycles. The molecular formula is C16H28N2O3. The van der Waals surface area contributed by atoms with Gasteiger partial charge in [0, 0.05) is 24.6 Å². The number of rotatable bonds is 7. The number of nitrogens with one attached hydrogen (secondary N) is 1. The van der Waals surface area contributed by atoms with E-state index in [9.17, 15) is 9.90 Å². The number of hydrogen-bond acceptors (Lipinski definition) is 4. The van der Waals surface area contributed by atoms with Gasteiger partial charge in [-0.2, -0.15) is 0 Å². The third-order valence-electron chi connectivity index (χ3n) is 4.25. The lowest BCUT2D eigenvalue weighted by Crippen LogP contribution is -2.37. The molecule has 5 nitrogen and oxygen atoms in total. The summed E-state index contributed by atoms with van der Waals surface area (Å²) in [7, 11) is 0. The van der Waals surface area contributed by atoms with Crippen LogP contribution in [-0.2, 0) is 5.41 Å². The predicted molar refractivity (Wildman–Crippen MR) is 82.3 cm³/mol.